The minimum absolute atomic E-state index is 0.442. The number of pyridine rings is 1. The highest BCUT2D eigenvalue weighted by molar-refractivity contribution is 9.10. The summed E-state index contributed by atoms with van der Waals surface area (Å²) in [5, 5.41) is 0. The molecule has 0 unspecified atom stereocenters. The first-order valence-corrected chi connectivity index (χ1v) is 5.21. The van der Waals surface area contributed by atoms with Crippen LogP contribution >= 0.6 is 15.9 Å². The number of nitrogens with zero attached hydrogens (tertiary/aromatic N) is 3. The van der Waals surface area contributed by atoms with Gasteiger partial charge >= 0.3 is 0 Å². The maximum atomic E-state index is 5.48. The van der Waals surface area contributed by atoms with E-state index < -0.39 is 0 Å². The van der Waals surface area contributed by atoms with Crippen molar-refractivity contribution in [1.82, 2.24) is 15.0 Å². The summed E-state index contributed by atoms with van der Waals surface area (Å²) in [6, 6.07) is 3.39. The van der Waals surface area contributed by atoms with Crippen molar-refractivity contribution >= 4 is 15.9 Å². The molecular weight excluding hydrogens is 274 g/mol. The molecule has 0 N–H and O–H groups in total. The second-order valence-corrected chi connectivity index (χ2v) is 3.65. The fourth-order valence-electron chi connectivity index (χ4n) is 1.06. The Bertz CT molecular complexity index is 493. The monoisotopic (exact) mass is 281 g/mol. The van der Waals surface area contributed by atoms with E-state index in [1.807, 2.05) is 0 Å². The molecule has 0 atom stereocenters. The number of rotatable bonds is 3. The molecule has 2 aromatic rings. The molecule has 2 rings (SSSR count). The van der Waals surface area contributed by atoms with Crippen molar-refractivity contribution in [2.24, 2.45) is 0 Å². The predicted octanol–water partition coefficient (Wildman–Crippen LogP) is 2.44. The van der Waals surface area contributed by atoms with Crippen molar-refractivity contribution in [3.63, 3.8) is 0 Å². The molecule has 0 saturated heterocycles. The second kappa shape index (κ2) is 4.89. The summed E-state index contributed by atoms with van der Waals surface area (Å²) >= 11 is 3.23. The van der Waals surface area contributed by atoms with Crippen molar-refractivity contribution < 1.29 is 9.47 Å². The van der Waals surface area contributed by atoms with Crippen molar-refractivity contribution in [2.45, 2.75) is 0 Å². The van der Waals surface area contributed by atoms with Crippen LogP contribution in [0.5, 0.6) is 17.4 Å². The lowest BCUT2D eigenvalue weighted by molar-refractivity contribution is 0.404. The van der Waals surface area contributed by atoms with Crippen LogP contribution in [0, 0.1) is 0 Å². The van der Waals surface area contributed by atoms with Crippen LogP contribution in [0.2, 0.25) is 0 Å². The first-order chi connectivity index (χ1) is 7.78. The Hall–Kier alpha value is -1.69. The Kier molecular flexibility index (Phi) is 3.31. The topological polar surface area (TPSA) is 57.1 Å². The summed E-state index contributed by atoms with van der Waals surface area (Å²) in [7, 11) is 1.57. The van der Waals surface area contributed by atoms with E-state index in [1.54, 1.807) is 31.6 Å². The number of hydrogen-bond donors (Lipinski definition) is 0. The largest absolute Gasteiger partial charge is 0.495 e. The Morgan fingerprint density at radius 3 is 2.69 bits per heavy atom. The van der Waals surface area contributed by atoms with E-state index in [-0.39, 0.29) is 0 Å². The van der Waals surface area contributed by atoms with Gasteiger partial charge in [-0.25, -0.2) is 9.97 Å². The molecule has 2 aromatic heterocycles. The van der Waals surface area contributed by atoms with Crippen molar-refractivity contribution in [3.05, 3.63) is 35.5 Å². The van der Waals surface area contributed by atoms with Gasteiger partial charge < -0.3 is 9.47 Å². The highest BCUT2D eigenvalue weighted by Gasteiger charge is 2.01. The molecular formula is C10H8BrN3O2. The first-order valence-electron chi connectivity index (χ1n) is 4.42. The second-order valence-electron chi connectivity index (χ2n) is 2.84. The van der Waals surface area contributed by atoms with E-state index in [2.05, 4.69) is 30.9 Å². The van der Waals surface area contributed by atoms with Crippen LogP contribution in [0.1, 0.15) is 0 Å². The summed E-state index contributed by atoms with van der Waals surface area (Å²) in [6.45, 7) is 0. The average Bonchev–Trinajstić information content (AvgIpc) is 2.29. The Morgan fingerprint density at radius 1 is 1.12 bits per heavy atom. The van der Waals surface area contributed by atoms with E-state index in [0.717, 1.165) is 0 Å². The zero-order valence-corrected chi connectivity index (χ0v) is 10.0. The van der Waals surface area contributed by atoms with Gasteiger partial charge in [0.25, 0.3) is 0 Å². The summed E-state index contributed by atoms with van der Waals surface area (Å²) in [5.41, 5.74) is 0. The molecule has 0 amide bonds. The Balaban J connectivity index is 2.20. The first kappa shape index (κ1) is 10.8. The third kappa shape index (κ3) is 2.66. The normalized spacial score (nSPS) is 9.88. The summed E-state index contributed by atoms with van der Waals surface area (Å²) in [4.78, 5) is 11.8. The summed E-state index contributed by atoms with van der Waals surface area (Å²) < 4.78 is 11.2. The molecule has 0 saturated carbocycles. The minimum atomic E-state index is 0.442. The molecule has 0 aliphatic carbocycles. The van der Waals surface area contributed by atoms with Crippen LogP contribution in [0.4, 0.5) is 0 Å². The van der Waals surface area contributed by atoms with Crippen molar-refractivity contribution in [3.8, 4) is 17.4 Å². The van der Waals surface area contributed by atoms with Crippen LogP contribution in [0.3, 0.4) is 0 Å². The van der Waals surface area contributed by atoms with Gasteiger partial charge in [-0.3, -0.25) is 4.98 Å². The standard InChI is InChI=1S/C10H8BrN3O2/c1-15-7-2-8(5-12-4-7)16-10-3-9(11)13-6-14-10/h2-6H,1H3. The Morgan fingerprint density at radius 2 is 1.94 bits per heavy atom. The zero-order chi connectivity index (χ0) is 11.4. The van der Waals surface area contributed by atoms with Crippen molar-refractivity contribution in [1.29, 1.82) is 0 Å². The molecule has 0 radical (unpaired) electrons. The highest BCUT2D eigenvalue weighted by Crippen LogP contribution is 2.23. The molecule has 0 aromatic carbocycles. The fourth-order valence-corrected chi connectivity index (χ4v) is 1.35. The molecule has 0 aliphatic heterocycles. The van der Waals surface area contributed by atoms with Crippen LogP contribution in [0.15, 0.2) is 35.5 Å². The molecule has 0 spiro atoms. The van der Waals surface area contributed by atoms with Gasteiger partial charge in [0, 0.05) is 12.1 Å². The van der Waals surface area contributed by atoms with Crippen LogP contribution < -0.4 is 9.47 Å². The van der Waals surface area contributed by atoms with Gasteiger partial charge in [0.2, 0.25) is 5.88 Å². The van der Waals surface area contributed by atoms with Gasteiger partial charge in [0.1, 0.15) is 16.7 Å². The molecule has 6 heteroatoms. The predicted molar refractivity (Wildman–Crippen MR) is 60.6 cm³/mol. The van der Waals surface area contributed by atoms with E-state index in [1.165, 1.54) is 6.33 Å². The van der Waals surface area contributed by atoms with Crippen LogP contribution in [-0.2, 0) is 0 Å². The maximum Gasteiger partial charge on any atom is 0.223 e. The summed E-state index contributed by atoms with van der Waals surface area (Å²) in [5.74, 6) is 1.63. The fraction of sp³-hybridized carbons (Fsp3) is 0.100. The van der Waals surface area contributed by atoms with E-state index in [9.17, 15) is 0 Å². The number of halogens is 1. The van der Waals surface area contributed by atoms with E-state index in [0.29, 0.717) is 22.0 Å². The lowest BCUT2D eigenvalue weighted by Gasteiger charge is -2.05. The van der Waals surface area contributed by atoms with Crippen LogP contribution in [0.25, 0.3) is 0 Å². The van der Waals surface area contributed by atoms with Gasteiger partial charge in [-0.05, 0) is 15.9 Å². The average molecular weight is 282 g/mol. The van der Waals surface area contributed by atoms with Crippen molar-refractivity contribution in [2.75, 3.05) is 7.11 Å². The third-order valence-electron chi connectivity index (χ3n) is 1.75. The zero-order valence-electron chi connectivity index (χ0n) is 8.42. The molecule has 0 aliphatic rings. The number of aromatic nitrogens is 3. The number of ether oxygens (including phenoxy) is 2. The lowest BCUT2D eigenvalue weighted by Crippen LogP contribution is -1.91. The SMILES string of the molecule is COc1cncc(Oc2cc(Br)ncn2)c1. The smallest absolute Gasteiger partial charge is 0.223 e. The van der Waals surface area contributed by atoms with Gasteiger partial charge in [0.15, 0.2) is 5.75 Å². The molecule has 16 heavy (non-hydrogen) atoms. The minimum Gasteiger partial charge on any atom is -0.495 e. The summed E-state index contributed by atoms with van der Waals surface area (Å²) in [6.07, 6.45) is 4.59. The molecule has 5 nitrogen and oxygen atoms in total. The maximum absolute atomic E-state index is 5.48. The van der Waals surface area contributed by atoms with Gasteiger partial charge in [0.05, 0.1) is 19.5 Å². The molecule has 0 fully saturated rings. The van der Waals surface area contributed by atoms with E-state index >= 15 is 0 Å². The van der Waals surface area contributed by atoms with Gasteiger partial charge in [-0.15, -0.1) is 0 Å². The third-order valence-corrected chi connectivity index (χ3v) is 2.19. The van der Waals surface area contributed by atoms with Crippen LogP contribution in [-0.4, -0.2) is 22.1 Å². The highest BCUT2D eigenvalue weighted by atomic mass is 79.9. The Labute approximate surface area is 101 Å². The number of methoxy groups -OCH3 is 1. The quantitative estimate of drug-likeness (QED) is 0.809. The molecule has 82 valence electrons. The van der Waals surface area contributed by atoms with E-state index in [4.69, 9.17) is 9.47 Å². The van der Waals surface area contributed by atoms with Gasteiger partial charge in [-0.1, -0.05) is 0 Å². The lowest BCUT2D eigenvalue weighted by atomic mass is 10.4. The van der Waals surface area contributed by atoms with Gasteiger partial charge in [-0.2, -0.15) is 0 Å². The number of hydrogen-bond acceptors (Lipinski definition) is 5. The molecule has 0 bridgehead atoms. The molecule has 2 heterocycles.